The molecule has 0 fully saturated rings. The lowest BCUT2D eigenvalue weighted by Gasteiger charge is -2.14. The number of benzene rings is 2. The van der Waals surface area contributed by atoms with Gasteiger partial charge in [-0.2, -0.15) is 0 Å². The fourth-order valence-electron chi connectivity index (χ4n) is 2.21. The third-order valence-corrected chi connectivity index (χ3v) is 4.05. The summed E-state index contributed by atoms with van der Waals surface area (Å²) in [5, 5.41) is 0.586. The van der Waals surface area contributed by atoms with Crippen LogP contribution >= 0.6 is 23.2 Å². The highest BCUT2D eigenvalue weighted by Gasteiger charge is 2.13. The van der Waals surface area contributed by atoms with Crippen molar-refractivity contribution in [3.63, 3.8) is 0 Å². The van der Waals surface area contributed by atoms with Crippen LogP contribution < -0.4 is 0 Å². The second kappa shape index (κ2) is 6.45. The van der Waals surface area contributed by atoms with Crippen LogP contribution in [0, 0.1) is 6.92 Å². The highest BCUT2D eigenvalue weighted by molar-refractivity contribution is 6.31. The molecule has 0 aliphatic rings. The molecule has 0 aliphatic heterocycles. The second-order valence-corrected chi connectivity index (χ2v) is 5.73. The molecule has 0 spiro atoms. The normalized spacial score (nSPS) is 12.4. The number of hydrogen-bond acceptors (Lipinski definition) is 0. The van der Waals surface area contributed by atoms with Crippen LogP contribution in [0.3, 0.4) is 0 Å². The first-order valence-corrected chi connectivity index (χ1v) is 7.42. The van der Waals surface area contributed by atoms with Gasteiger partial charge in [0.1, 0.15) is 0 Å². The third-order valence-electron chi connectivity index (χ3n) is 3.33. The van der Waals surface area contributed by atoms with Crippen LogP contribution in [-0.4, -0.2) is 0 Å². The van der Waals surface area contributed by atoms with Gasteiger partial charge < -0.3 is 0 Å². The fourth-order valence-corrected chi connectivity index (χ4v) is 2.77. The van der Waals surface area contributed by atoms with E-state index in [1.807, 2.05) is 18.2 Å². The first-order valence-electron chi connectivity index (χ1n) is 6.60. The number of rotatable bonds is 4. The lowest BCUT2D eigenvalue weighted by atomic mass is 9.98. The Labute approximate surface area is 125 Å². The molecule has 2 rings (SSSR count). The van der Waals surface area contributed by atoms with Gasteiger partial charge in [-0.05, 0) is 47.7 Å². The maximum atomic E-state index is 6.58. The van der Waals surface area contributed by atoms with Crippen LogP contribution in [0.25, 0.3) is 0 Å². The summed E-state index contributed by atoms with van der Waals surface area (Å²) in [7, 11) is 0. The number of aryl methyl sites for hydroxylation is 2. The molecule has 100 valence electrons. The Bertz CT molecular complexity index is 544. The summed E-state index contributed by atoms with van der Waals surface area (Å²) in [6, 6.07) is 14.4. The summed E-state index contributed by atoms with van der Waals surface area (Å²) in [4.78, 5) is 0. The highest BCUT2D eigenvalue weighted by atomic mass is 35.5. The van der Waals surface area contributed by atoms with Crippen molar-refractivity contribution in [3.8, 4) is 0 Å². The summed E-state index contributed by atoms with van der Waals surface area (Å²) < 4.78 is 0. The molecule has 0 nitrogen and oxygen atoms in total. The molecule has 0 heterocycles. The van der Waals surface area contributed by atoms with Crippen molar-refractivity contribution in [2.24, 2.45) is 0 Å². The van der Waals surface area contributed by atoms with E-state index in [2.05, 4.69) is 38.1 Å². The van der Waals surface area contributed by atoms with Gasteiger partial charge in [-0.3, -0.25) is 0 Å². The quantitative estimate of drug-likeness (QED) is 0.613. The van der Waals surface area contributed by atoms with E-state index in [-0.39, 0.29) is 5.38 Å². The van der Waals surface area contributed by atoms with Crippen molar-refractivity contribution in [1.29, 1.82) is 0 Å². The second-order valence-electron chi connectivity index (χ2n) is 4.86. The molecule has 0 saturated heterocycles. The van der Waals surface area contributed by atoms with E-state index in [1.165, 1.54) is 11.1 Å². The minimum atomic E-state index is -0.144. The molecule has 0 aliphatic carbocycles. The predicted octanol–water partition coefficient (Wildman–Crippen LogP) is 5.93. The Balaban J connectivity index is 2.27. The summed E-state index contributed by atoms with van der Waals surface area (Å²) in [6.07, 6.45) is 2.28. The Morgan fingerprint density at radius 1 is 1.05 bits per heavy atom. The first kappa shape index (κ1) is 14.4. The topological polar surface area (TPSA) is 0 Å². The van der Waals surface area contributed by atoms with Crippen molar-refractivity contribution >= 4 is 23.2 Å². The highest BCUT2D eigenvalue weighted by Crippen LogP contribution is 2.32. The number of alkyl halides is 1. The molecule has 2 aromatic rings. The molecule has 0 radical (unpaired) electrons. The Morgan fingerprint density at radius 2 is 1.74 bits per heavy atom. The van der Waals surface area contributed by atoms with E-state index in [4.69, 9.17) is 23.2 Å². The Morgan fingerprint density at radius 3 is 2.37 bits per heavy atom. The van der Waals surface area contributed by atoms with Gasteiger partial charge >= 0.3 is 0 Å². The minimum absolute atomic E-state index is 0.144. The van der Waals surface area contributed by atoms with Crippen molar-refractivity contribution in [1.82, 2.24) is 0 Å². The molecule has 2 aromatic carbocycles. The van der Waals surface area contributed by atoms with Crippen molar-refractivity contribution in [2.45, 2.75) is 32.1 Å². The lowest BCUT2D eigenvalue weighted by molar-refractivity contribution is 0.920. The van der Waals surface area contributed by atoms with E-state index < -0.39 is 0 Å². The first-order chi connectivity index (χ1) is 9.11. The van der Waals surface area contributed by atoms with Crippen LogP contribution in [0.1, 0.15) is 41.0 Å². The zero-order valence-electron chi connectivity index (χ0n) is 11.3. The predicted molar refractivity (Wildman–Crippen MR) is 84.3 cm³/mol. The van der Waals surface area contributed by atoms with Crippen LogP contribution in [0.4, 0.5) is 0 Å². The van der Waals surface area contributed by atoms with Gasteiger partial charge in [0, 0.05) is 5.02 Å². The zero-order chi connectivity index (χ0) is 13.8. The average Bonchev–Trinajstić information content (AvgIpc) is 2.42. The average molecular weight is 293 g/mol. The summed E-state index contributed by atoms with van der Waals surface area (Å²) in [6.45, 7) is 4.25. The van der Waals surface area contributed by atoms with Gasteiger partial charge in [-0.25, -0.2) is 0 Å². The largest absolute Gasteiger partial charge is 0.113 e. The van der Waals surface area contributed by atoms with Gasteiger partial charge in [-0.1, -0.05) is 55.3 Å². The van der Waals surface area contributed by atoms with E-state index in [0.29, 0.717) is 0 Å². The molecular formula is C17H18Cl2. The van der Waals surface area contributed by atoms with Crippen molar-refractivity contribution in [2.75, 3.05) is 0 Å². The Kier molecular flexibility index (Phi) is 4.90. The smallest absolute Gasteiger partial charge is 0.0838 e. The Hall–Kier alpha value is -0.980. The zero-order valence-corrected chi connectivity index (χ0v) is 12.8. The van der Waals surface area contributed by atoms with E-state index in [1.54, 1.807) is 0 Å². The molecule has 0 saturated carbocycles. The summed E-state index contributed by atoms with van der Waals surface area (Å²) in [5.41, 5.74) is 4.73. The maximum absolute atomic E-state index is 6.58. The van der Waals surface area contributed by atoms with Crippen molar-refractivity contribution < 1.29 is 0 Å². The molecule has 0 N–H and O–H groups in total. The van der Waals surface area contributed by atoms with Crippen molar-refractivity contribution in [3.05, 3.63) is 69.7 Å². The molecule has 0 bridgehead atoms. The van der Waals surface area contributed by atoms with Crippen LogP contribution in [0.5, 0.6) is 0 Å². The van der Waals surface area contributed by atoms with E-state index in [0.717, 1.165) is 29.0 Å². The van der Waals surface area contributed by atoms with Gasteiger partial charge in [0.15, 0.2) is 0 Å². The van der Waals surface area contributed by atoms with Gasteiger partial charge in [0.05, 0.1) is 5.38 Å². The molecule has 19 heavy (non-hydrogen) atoms. The molecule has 0 aromatic heterocycles. The van der Waals surface area contributed by atoms with Gasteiger partial charge in [-0.15, -0.1) is 11.6 Å². The standard InChI is InChI=1S/C17H18Cl2/c1-3-4-13-6-8-14(9-7-13)17(19)16-11-15(18)10-5-12(16)2/h5-11,17H,3-4H2,1-2H3. The third kappa shape index (κ3) is 3.52. The van der Waals surface area contributed by atoms with Gasteiger partial charge in [0.2, 0.25) is 0 Å². The van der Waals surface area contributed by atoms with Crippen LogP contribution in [-0.2, 0) is 6.42 Å². The molecule has 1 atom stereocenters. The van der Waals surface area contributed by atoms with E-state index in [9.17, 15) is 0 Å². The monoisotopic (exact) mass is 292 g/mol. The van der Waals surface area contributed by atoms with E-state index >= 15 is 0 Å². The SMILES string of the molecule is CCCc1ccc(C(Cl)c2cc(Cl)ccc2C)cc1. The summed E-state index contributed by atoms with van der Waals surface area (Å²) >= 11 is 12.6. The molecule has 0 amide bonds. The lowest BCUT2D eigenvalue weighted by Crippen LogP contribution is -1.97. The van der Waals surface area contributed by atoms with Gasteiger partial charge in [0.25, 0.3) is 0 Å². The van der Waals surface area contributed by atoms with Crippen LogP contribution in [0.15, 0.2) is 42.5 Å². The number of halogens is 2. The fraction of sp³-hybridized carbons (Fsp3) is 0.294. The maximum Gasteiger partial charge on any atom is 0.0838 e. The number of hydrogen-bond donors (Lipinski definition) is 0. The molecular weight excluding hydrogens is 275 g/mol. The van der Waals surface area contributed by atoms with Crippen LogP contribution in [0.2, 0.25) is 5.02 Å². The molecule has 2 heteroatoms. The molecule has 1 unspecified atom stereocenters. The summed E-state index contributed by atoms with van der Waals surface area (Å²) in [5.74, 6) is 0. The minimum Gasteiger partial charge on any atom is -0.113 e.